The van der Waals surface area contributed by atoms with Gasteiger partial charge >= 0.3 is 0 Å². The monoisotopic (exact) mass is 269 g/mol. The molecule has 106 valence electrons. The van der Waals surface area contributed by atoms with Gasteiger partial charge in [-0.3, -0.25) is 9.88 Å². The lowest BCUT2D eigenvalue weighted by Crippen LogP contribution is -2.47. The summed E-state index contributed by atoms with van der Waals surface area (Å²) in [6.45, 7) is 9.03. The smallest absolute Gasteiger partial charge is 0.0346 e. The summed E-state index contributed by atoms with van der Waals surface area (Å²) in [6, 6.07) is 8.80. The Labute approximate surface area is 121 Å². The number of aromatic nitrogens is 1. The SMILES string of the molecule is CC1(C)CNCCCN1Cc1ccc2cnccc2c1. The lowest BCUT2D eigenvalue weighted by atomic mass is 10.0. The molecule has 20 heavy (non-hydrogen) atoms. The van der Waals surface area contributed by atoms with Crippen LogP contribution in [0, 0.1) is 0 Å². The first-order valence-corrected chi connectivity index (χ1v) is 7.44. The van der Waals surface area contributed by atoms with E-state index in [1.165, 1.54) is 22.8 Å². The predicted molar refractivity (Wildman–Crippen MR) is 83.7 cm³/mol. The van der Waals surface area contributed by atoms with Crippen LogP contribution in [-0.4, -0.2) is 35.1 Å². The van der Waals surface area contributed by atoms with E-state index in [0.717, 1.165) is 26.2 Å². The molecule has 0 aliphatic carbocycles. The van der Waals surface area contributed by atoms with Gasteiger partial charge in [-0.25, -0.2) is 0 Å². The van der Waals surface area contributed by atoms with Crippen LogP contribution in [0.15, 0.2) is 36.7 Å². The zero-order chi connectivity index (χ0) is 14.0. The van der Waals surface area contributed by atoms with Crippen LogP contribution in [0.1, 0.15) is 25.8 Å². The third-order valence-electron chi connectivity index (χ3n) is 4.27. The third-order valence-corrected chi connectivity index (χ3v) is 4.27. The van der Waals surface area contributed by atoms with Gasteiger partial charge in [0.05, 0.1) is 0 Å². The molecule has 1 aromatic heterocycles. The van der Waals surface area contributed by atoms with Crippen molar-refractivity contribution in [2.75, 3.05) is 19.6 Å². The van der Waals surface area contributed by atoms with Crippen LogP contribution in [0.25, 0.3) is 10.8 Å². The lowest BCUT2D eigenvalue weighted by molar-refractivity contribution is 0.125. The molecule has 2 aromatic rings. The first-order chi connectivity index (χ1) is 9.65. The molecule has 1 fully saturated rings. The summed E-state index contributed by atoms with van der Waals surface area (Å²) in [6.07, 6.45) is 5.02. The molecule has 1 saturated heterocycles. The van der Waals surface area contributed by atoms with Crippen molar-refractivity contribution in [2.45, 2.75) is 32.4 Å². The van der Waals surface area contributed by atoms with E-state index in [1.807, 2.05) is 12.4 Å². The fraction of sp³-hybridized carbons (Fsp3) is 0.471. The van der Waals surface area contributed by atoms with E-state index in [1.54, 1.807) is 0 Å². The van der Waals surface area contributed by atoms with Gasteiger partial charge in [-0.2, -0.15) is 0 Å². The minimum Gasteiger partial charge on any atom is -0.315 e. The van der Waals surface area contributed by atoms with Crippen molar-refractivity contribution in [1.29, 1.82) is 0 Å². The number of hydrogen-bond acceptors (Lipinski definition) is 3. The first kappa shape index (κ1) is 13.5. The zero-order valence-electron chi connectivity index (χ0n) is 12.4. The maximum absolute atomic E-state index is 4.18. The first-order valence-electron chi connectivity index (χ1n) is 7.44. The Morgan fingerprint density at radius 2 is 2.15 bits per heavy atom. The van der Waals surface area contributed by atoms with Gasteiger partial charge in [0.2, 0.25) is 0 Å². The van der Waals surface area contributed by atoms with Crippen molar-refractivity contribution >= 4 is 10.8 Å². The summed E-state index contributed by atoms with van der Waals surface area (Å²) < 4.78 is 0. The topological polar surface area (TPSA) is 28.2 Å². The predicted octanol–water partition coefficient (Wildman–Crippen LogP) is 2.81. The molecule has 0 bridgehead atoms. The van der Waals surface area contributed by atoms with Crippen LogP contribution in [0.4, 0.5) is 0 Å². The van der Waals surface area contributed by atoms with Gasteiger partial charge in [-0.1, -0.05) is 12.1 Å². The normalized spacial score (nSPS) is 19.9. The number of nitrogens with one attached hydrogen (secondary N) is 1. The summed E-state index contributed by atoms with van der Waals surface area (Å²) in [7, 11) is 0. The second-order valence-electron chi connectivity index (χ2n) is 6.32. The van der Waals surface area contributed by atoms with E-state index < -0.39 is 0 Å². The summed E-state index contributed by atoms with van der Waals surface area (Å²) in [4.78, 5) is 6.77. The Morgan fingerprint density at radius 3 is 3.05 bits per heavy atom. The molecule has 3 rings (SSSR count). The largest absolute Gasteiger partial charge is 0.315 e. The number of fused-ring (bicyclic) bond motifs is 1. The van der Waals surface area contributed by atoms with Crippen molar-refractivity contribution in [2.24, 2.45) is 0 Å². The fourth-order valence-corrected chi connectivity index (χ4v) is 2.95. The second-order valence-corrected chi connectivity index (χ2v) is 6.32. The zero-order valence-corrected chi connectivity index (χ0v) is 12.4. The molecule has 1 N–H and O–H groups in total. The highest BCUT2D eigenvalue weighted by Crippen LogP contribution is 2.22. The van der Waals surface area contributed by atoms with Crippen molar-refractivity contribution in [3.63, 3.8) is 0 Å². The van der Waals surface area contributed by atoms with Crippen molar-refractivity contribution in [1.82, 2.24) is 15.2 Å². The molecule has 1 aromatic carbocycles. The highest BCUT2D eigenvalue weighted by atomic mass is 15.2. The van der Waals surface area contributed by atoms with Gasteiger partial charge in [0.1, 0.15) is 0 Å². The van der Waals surface area contributed by atoms with Gasteiger partial charge < -0.3 is 5.32 Å². The molecule has 0 amide bonds. The highest BCUT2D eigenvalue weighted by molar-refractivity contribution is 5.81. The molecule has 0 atom stereocenters. The molecule has 0 unspecified atom stereocenters. The number of nitrogens with zero attached hydrogens (tertiary/aromatic N) is 2. The molecule has 3 nitrogen and oxygen atoms in total. The molecule has 0 saturated carbocycles. The molecule has 2 heterocycles. The van der Waals surface area contributed by atoms with Crippen molar-refractivity contribution in [3.8, 4) is 0 Å². The van der Waals surface area contributed by atoms with Gasteiger partial charge in [0.25, 0.3) is 0 Å². The Kier molecular flexibility index (Phi) is 3.72. The van der Waals surface area contributed by atoms with E-state index in [2.05, 4.69) is 53.3 Å². The van der Waals surface area contributed by atoms with E-state index in [9.17, 15) is 0 Å². The molecule has 0 spiro atoms. The summed E-state index contributed by atoms with van der Waals surface area (Å²) >= 11 is 0. The number of benzene rings is 1. The quantitative estimate of drug-likeness (QED) is 0.908. The van der Waals surface area contributed by atoms with Crippen LogP contribution < -0.4 is 5.32 Å². The average Bonchev–Trinajstić information content (AvgIpc) is 2.60. The van der Waals surface area contributed by atoms with Crippen LogP contribution in [0.2, 0.25) is 0 Å². The van der Waals surface area contributed by atoms with Crippen molar-refractivity contribution in [3.05, 3.63) is 42.2 Å². The van der Waals surface area contributed by atoms with Gasteiger partial charge in [-0.05, 0) is 49.9 Å². The maximum atomic E-state index is 4.18. The van der Waals surface area contributed by atoms with Gasteiger partial charge in [0, 0.05) is 43.0 Å². The number of hydrogen-bond donors (Lipinski definition) is 1. The van der Waals surface area contributed by atoms with Crippen LogP contribution in [0.3, 0.4) is 0 Å². The molecule has 1 aliphatic rings. The van der Waals surface area contributed by atoms with E-state index in [-0.39, 0.29) is 5.54 Å². The van der Waals surface area contributed by atoms with E-state index in [0.29, 0.717) is 0 Å². The third kappa shape index (κ3) is 2.84. The Bertz CT molecular complexity index is 592. The Balaban J connectivity index is 1.84. The maximum Gasteiger partial charge on any atom is 0.0346 e. The minimum absolute atomic E-state index is 0.212. The fourth-order valence-electron chi connectivity index (χ4n) is 2.95. The second kappa shape index (κ2) is 5.51. The number of pyridine rings is 1. The standard InChI is InChI=1S/C17H23N3/c1-17(2)13-19-7-3-9-20(17)12-14-4-5-16-11-18-8-6-15(16)10-14/h4-6,8,10-11,19H,3,7,9,12-13H2,1-2H3. The summed E-state index contributed by atoms with van der Waals surface area (Å²) in [5, 5.41) is 6.03. The van der Waals surface area contributed by atoms with Crippen LogP contribution in [-0.2, 0) is 6.54 Å². The van der Waals surface area contributed by atoms with Gasteiger partial charge in [-0.15, -0.1) is 0 Å². The lowest BCUT2D eigenvalue weighted by Gasteiger charge is -2.37. The van der Waals surface area contributed by atoms with Crippen molar-refractivity contribution < 1.29 is 0 Å². The van der Waals surface area contributed by atoms with E-state index in [4.69, 9.17) is 0 Å². The molecular formula is C17H23N3. The molecule has 3 heteroatoms. The Morgan fingerprint density at radius 1 is 1.25 bits per heavy atom. The molecular weight excluding hydrogens is 246 g/mol. The summed E-state index contributed by atoms with van der Waals surface area (Å²) in [5.74, 6) is 0. The summed E-state index contributed by atoms with van der Waals surface area (Å²) in [5.41, 5.74) is 1.60. The minimum atomic E-state index is 0.212. The highest BCUT2D eigenvalue weighted by Gasteiger charge is 2.27. The average molecular weight is 269 g/mol. The van der Waals surface area contributed by atoms with E-state index >= 15 is 0 Å². The number of rotatable bonds is 2. The van der Waals surface area contributed by atoms with Gasteiger partial charge in [0.15, 0.2) is 0 Å². The molecule has 0 radical (unpaired) electrons. The molecule has 1 aliphatic heterocycles. The van der Waals surface area contributed by atoms with Crippen LogP contribution >= 0.6 is 0 Å². The Hall–Kier alpha value is -1.45. The van der Waals surface area contributed by atoms with Crippen LogP contribution in [0.5, 0.6) is 0 Å².